The fourth-order valence-electron chi connectivity index (χ4n) is 5.66. The van der Waals surface area contributed by atoms with Crippen LogP contribution in [0.3, 0.4) is 0 Å². The van der Waals surface area contributed by atoms with E-state index in [1.807, 2.05) is 20.2 Å². The second-order valence-corrected chi connectivity index (χ2v) is 10.9. The number of nitrogens with zero attached hydrogens (tertiary/aromatic N) is 4. The first kappa shape index (κ1) is 29.3. The van der Waals surface area contributed by atoms with Gasteiger partial charge in [-0.1, -0.05) is 19.1 Å². The van der Waals surface area contributed by atoms with E-state index >= 15 is 4.39 Å². The lowest BCUT2D eigenvalue weighted by atomic mass is 9.92. The van der Waals surface area contributed by atoms with E-state index in [0.717, 1.165) is 48.1 Å². The van der Waals surface area contributed by atoms with Gasteiger partial charge in [-0.3, -0.25) is 9.69 Å². The molecule has 0 radical (unpaired) electrons. The van der Waals surface area contributed by atoms with Crippen molar-refractivity contribution in [1.29, 1.82) is 0 Å². The number of amides is 1. The summed E-state index contributed by atoms with van der Waals surface area (Å²) in [6, 6.07) is 7.69. The van der Waals surface area contributed by atoms with Gasteiger partial charge in [0.2, 0.25) is 0 Å². The molecular weight excluding hydrogens is 501 g/mol. The highest BCUT2D eigenvalue weighted by atomic mass is 19.1. The molecule has 1 aliphatic rings. The van der Waals surface area contributed by atoms with Gasteiger partial charge in [-0.05, 0) is 86.2 Å². The molecular formula is C33H42FN5O. The van der Waals surface area contributed by atoms with E-state index in [2.05, 4.69) is 73.0 Å². The van der Waals surface area contributed by atoms with Crippen LogP contribution in [0.15, 0.2) is 54.4 Å². The van der Waals surface area contributed by atoms with Crippen molar-refractivity contribution in [3.05, 3.63) is 88.2 Å². The summed E-state index contributed by atoms with van der Waals surface area (Å²) >= 11 is 0. The van der Waals surface area contributed by atoms with Crippen molar-refractivity contribution in [3.8, 4) is 0 Å². The number of aromatic nitrogens is 2. The summed E-state index contributed by atoms with van der Waals surface area (Å²) in [5, 5.41) is 4.39. The van der Waals surface area contributed by atoms with Crippen molar-refractivity contribution >= 4 is 28.1 Å². The molecule has 0 spiro atoms. The summed E-state index contributed by atoms with van der Waals surface area (Å²) < 4.78 is 17.4. The third-order valence-electron chi connectivity index (χ3n) is 8.11. The Morgan fingerprint density at radius 2 is 2.00 bits per heavy atom. The van der Waals surface area contributed by atoms with E-state index in [0.29, 0.717) is 11.1 Å². The lowest BCUT2D eigenvalue weighted by Crippen LogP contribution is -2.32. The van der Waals surface area contributed by atoms with E-state index in [4.69, 9.17) is 4.98 Å². The van der Waals surface area contributed by atoms with Gasteiger partial charge in [-0.15, -0.1) is 0 Å². The number of allylic oxidation sites excluding steroid dienone is 4. The predicted octanol–water partition coefficient (Wildman–Crippen LogP) is 6.49. The number of fused-ring (bicyclic) bond motifs is 1. The van der Waals surface area contributed by atoms with Crippen molar-refractivity contribution < 1.29 is 9.18 Å². The molecule has 3 aromatic rings. The number of carbonyl (C=O) groups is 1. The van der Waals surface area contributed by atoms with Crippen molar-refractivity contribution in [3.63, 3.8) is 0 Å². The summed E-state index contributed by atoms with van der Waals surface area (Å²) in [6.07, 6.45) is 10.0. The summed E-state index contributed by atoms with van der Waals surface area (Å²) in [5.74, 6) is -0.520. The predicted molar refractivity (Wildman–Crippen MR) is 164 cm³/mol. The van der Waals surface area contributed by atoms with Gasteiger partial charge >= 0.3 is 0 Å². The van der Waals surface area contributed by atoms with Crippen LogP contribution in [0.1, 0.15) is 72.4 Å². The molecule has 0 saturated carbocycles. The number of aryl methyl sites for hydroxylation is 2. The number of rotatable bonds is 8. The number of hydrogen-bond donors (Lipinski definition) is 1. The van der Waals surface area contributed by atoms with Crippen LogP contribution >= 0.6 is 0 Å². The quantitative estimate of drug-likeness (QED) is 0.330. The number of carbonyl (C=O) groups excluding carboxylic acids is 1. The van der Waals surface area contributed by atoms with Crippen LogP contribution in [0.5, 0.6) is 0 Å². The Labute approximate surface area is 237 Å². The molecule has 7 heteroatoms. The number of pyridine rings is 1. The molecule has 6 nitrogen and oxygen atoms in total. The van der Waals surface area contributed by atoms with E-state index in [9.17, 15) is 4.79 Å². The average Bonchev–Trinajstić information content (AvgIpc) is 3.28. The maximum absolute atomic E-state index is 15.2. The summed E-state index contributed by atoms with van der Waals surface area (Å²) in [6.45, 7) is 9.94. The zero-order valence-corrected chi connectivity index (χ0v) is 25.1. The lowest BCUT2D eigenvalue weighted by molar-refractivity contribution is 0.0827. The SMILES string of the molecule is CC/C(=C\C=C(/C)c1ccnc2c1cc(C(C)N1CC=C(c3c(C)cc(C(=O)N(C)C)cc3F)CC1)n2C)NC. The van der Waals surface area contributed by atoms with Gasteiger partial charge in [0.15, 0.2) is 0 Å². The standard InChI is InChI=1S/C33H42FN5O/c1-9-26(35-5)11-10-21(2)27-12-15-36-32-28(27)20-30(38(32)8)23(4)39-16-13-24(14-17-39)31-22(3)18-25(19-29(31)34)33(40)37(6)7/h10-13,15,18-20,23,35H,9,14,16-17H2,1-8H3/b21-10+,26-11+. The second kappa shape index (κ2) is 12.2. The van der Waals surface area contributed by atoms with Gasteiger partial charge in [0.25, 0.3) is 5.91 Å². The van der Waals surface area contributed by atoms with E-state index < -0.39 is 0 Å². The van der Waals surface area contributed by atoms with Gasteiger partial charge in [-0.25, -0.2) is 9.37 Å². The molecule has 4 rings (SSSR count). The van der Waals surface area contributed by atoms with Gasteiger partial charge < -0.3 is 14.8 Å². The number of benzene rings is 1. The van der Waals surface area contributed by atoms with Crippen molar-refractivity contribution in [2.75, 3.05) is 34.2 Å². The van der Waals surface area contributed by atoms with Crippen molar-refractivity contribution in [1.82, 2.24) is 24.7 Å². The van der Waals surface area contributed by atoms with Crippen LogP contribution in [0.2, 0.25) is 0 Å². The number of halogens is 1. The molecule has 1 amide bonds. The van der Waals surface area contributed by atoms with Crippen molar-refractivity contribution in [2.24, 2.45) is 7.05 Å². The van der Waals surface area contributed by atoms with Crippen LogP contribution in [-0.4, -0.2) is 59.5 Å². The largest absolute Gasteiger partial charge is 0.391 e. The minimum absolute atomic E-state index is 0.163. The maximum Gasteiger partial charge on any atom is 0.253 e. The monoisotopic (exact) mass is 543 g/mol. The molecule has 1 aromatic carbocycles. The molecule has 1 N–H and O–H groups in total. The highest BCUT2D eigenvalue weighted by molar-refractivity contribution is 5.94. The van der Waals surface area contributed by atoms with Gasteiger partial charge in [0.05, 0.1) is 0 Å². The average molecular weight is 544 g/mol. The van der Waals surface area contributed by atoms with Crippen molar-refractivity contribution in [2.45, 2.75) is 46.6 Å². The van der Waals surface area contributed by atoms with Crippen LogP contribution in [0, 0.1) is 12.7 Å². The van der Waals surface area contributed by atoms with Crippen LogP contribution in [-0.2, 0) is 7.05 Å². The summed E-state index contributed by atoms with van der Waals surface area (Å²) in [7, 11) is 7.39. The topological polar surface area (TPSA) is 53.4 Å². The molecule has 212 valence electrons. The van der Waals surface area contributed by atoms with Crippen LogP contribution in [0.25, 0.3) is 22.2 Å². The second-order valence-electron chi connectivity index (χ2n) is 10.9. The Balaban J connectivity index is 1.59. The smallest absolute Gasteiger partial charge is 0.253 e. The minimum atomic E-state index is -0.329. The molecule has 0 fully saturated rings. The first-order valence-electron chi connectivity index (χ1n) is 14.0. The van der Waals surface area contributed by atoms with E-state index in [-0.39, 0.29) is 17.8 Å². The molecule has 0 bridgehead atoms. The molecule has 0 saturated heterocycles. The lowest BCUT2D eigenvalue weighted by Gasteiger charge is -2.32. The Kier molecular flexibility index (Phi) is 8.94. The van der Waals surface area contributed by atoms with Gasteiger partial charge in [-0.2, -0.15) is 0 Å². The number of hydrogen-bond acceptors (Lipinski definition) is 4. The summed E-state index contributed by atoms with van der Waals surface area (Å²) in [4.78, 5) is 20.9. The number of nitrogens with one attached hydrogen (secondary N) is 1. The molecule has 2 aromatic heterocycles. The fourth-order valence-corrected chi connectivity index (χ4v) is 5.66. The Morgan fingerprint density at radius 3 is 2.60 bits per heavy atom. The zero-order valence-electron chi connectivity index (χ0n) is 25.1. The van der Waals surface area contributed by atoms with Crippen LogP contribution in [0.4, 0.5) is 4.39 Å². The molecule has 3 heterocycles. The van der Waals surface area contributed by atoms with Crippen LogP contribution < -0.4 is 5.32 Å². The zero-order chi connectivity index (χ0) is 29.1. The molecule has 1 unspecified atom stereocenters. The molecule has 40 heavy (non-hydrogen) atoms. The highest BCUT2D eigenvalue weighted by Crippen LogP contribution is 2.34. The van der Waals surface area contributed by atoms with E-state index in [1.165, 1.54) is 33.5 Å². The first-order chi connectivity index (χ1) is 19.1. The van der Waals surface area contributed by atoms with Gasteiger partial charge in [0, 0.05) is 81.4 Å². The minimum Gasteiger partial charge on any atom is -0.391 e. The first-order valence-corrected chi connectivity index (χ1v) is 14.0. The third-order valence-corrected chi connectivity index (χ3v) is 8.11. The third kappa shape index (κ3) is 5.75. The van der Waals surface area contributed by atoms with E-state index in [1.54, 1.807) is 20.2 Å². The Morgan fingerprint density at radius 1 is 1.25 bits per heavy atom. The maximum atomic E-state index is 15.2. The molecule has 1 aliphatic heterocycles. The summed E-state index contributed by atoms with van der Waals surface area (Å²) in [5.41, 5.74) is 8.55. The normalized spacial score (nSPS) is 15.8. The fraction of sp³-hybridized carbons (Fsp3) is 0.394. The molecule has 1 atom stereocenters. The van der Waals surface area contributed by atoms with Gasteiger partial charge in [0.1, 0.15) is 11.5 Å². The Hall–Kier alpha value is -3.71. The Bertz CT molecular complexity index is 1480. The highest BCUT2D eigenvalue weighted by Gasteiger charge is 2.25. The molecule has 0 aliphatic carbocycles.